The average molecular weight is 461 g/mol. The van der Waals surface area contributed by atoms with E-state index in [2.05, 4.69) is 71.5 Å². The van der Waals surface area contributed by atoms with E-state index in [9.17, 15) is 4.79 Å². The maximum Gasteiger partial charge on any atom is 0.251 e. The van der Waals surface area contributed by atoms with Crippen LogP contribution in [0.4, 0.5) is 0 Å². The third-order valence-corrected chi connectivity index (χ3v) is 6.81. The number of carbonyl (C=O) groups excluding carboxylic acids is 1. The monoisotopic (exact) mass is 460 g/mol. The van der Waals surface area contributed by atoms with Gasteiger partial charge in [-0.2, -0.15) is 0 Å². The molecule has 5 nitrogen and oxygen atoms in total. The summed E-state index contributed by atoms with van der Waals surface area (Å²) >= 11 is 1.86. The Morgan fingerprint density at radius 1 is 0.970 bits per heavy atom. The van der Waals surface area contributed by atoms with Gasteiger partial charge in [-0.25, -0.2) is 0 Å². The van der Waals surface area contributed by atoms with E-state index in [0.717, 1.165) is 0 Å². The van der Waals surface area contributed by atoms with Crippen LogP contribution in [0, 0.1) is 0 Å². The number of carbonyl (C=O) groups is 1. The van der Waals surface area contributed by atoms with E-state index in [1.54, 1.807) is 32.4 Å². The van der Waals surface area contributed by atoms with Crippen LogP contribution in [0.1, 0.15) is 28.1 Å². The first-order valence-electron chi connectivity index (χ1n) is 10.9. The van der Waals surface area contributed by atoms with Crippen LogP contribution in [0.15, 0.2) is 83.9 Å². The minimum atomic E-state index is -0.139. The highest BCUT2D eigenvalue weighted by Gasteiger charge is 2.14. The molecule has 0 aliphatic heterocycles. The molecule has 0 bridgehead atoms. The third-order valence-electron chi connectivity index (χ3n) is 5.61. The Balaban J connectivity index is 1.45. The average Bonchev–Trinajstić information content (AvgIpc) is 3.21. The summed E-state index contributed by atoms with van der Waals surface area (Å²) in [6.07, 6.45) is 2.19. The van der Waals surface area contributed by atoms with Gasteiger partial charge in [0.2, 0.25) is 0 Å². The molecule has 4 aromatic rings. The summed E-state index contributed by atoms with van der Waals surface area (Å²) in [6, 6.07) is 24.1. The first-order chi connectivity index (χ1) is 16.1. The van der Waals surface area contributed by atoms with E-state index in [0.29, 0.717) is 35.4 Å². The second-order valence-electron chi connectivity index (χ2n) is 7.70. The molecule has 0 radical (unpaired) electrons. The smallest absolute Gasteiger partial charge is 0.251 e. The van der Waals surface area contributed by atoms with Crippen LogP contribution >= 0.6 is 11.8 Å². The van der Waals surface area contributed by atoms with E-state index in [4.69, 9.17) is 9.47 Å². The number of hydrogen-bond acceptors (Lipinski definition) is 4. The van der Waals surface area contributed by atoms with E-state index in [1.807, 2.05) is 17.8 Å². The summed E-state index contributed by atoms with van der Waals surface area (Å²) in [4.78, 5) is 13.9. The summed E-state index contributed by atoms with van der Waals surface area (Å²) in [5.74, 6) is 0.998. The molecule has 0 aliphatic carbocycles. The van der Waals surface area contributed by atoms with E-state index in [-0.39, 0.29) is 5.91 Å². The predicted molar refractivity (Wildman–Crippen MR) is 135 cm³/mol. The van der Waals surface area contributed by atoms with Crippen LogP contribution in [-0.2, 0) is 6.54 Å². The van der Waals surface area contributed by atoms with Gasteiger partial charge < -0.3 is 19.4 Å². The van der Waals surface area contributed by atoms with Gasteiger partial charge in [0.15, 0.2) is 11.5 Å². The number of benzene rings is 3. The number of nitrogens with zero attached hydrogens (tertiary/aromatic N) is 1. The topological polar surface area (TPSA) is 52.5 Å². The SMILES string of the molecule is COc1ccc(C(=O)NCCn2cc(S[C@@H](C)c3ccccc3)c3ccccc32)cc1OC. The lowest BCUT2D eigenvalue weighted by Gasteiger charge is -2.11. The fourth-order valence-electron chi connectivity index (χ4n) is 3.84. The molecule has 3 aromatic carbocycles. The van der Waals surface area contributed by atoms with Gasteiger partial charge in [0.05, 0.1) is 14.2 Å². The molecule has 0 spiro atoms. The van der Waals surface area contributed by atoms with Crippen LogP contribution in [0.3, 0.4) is 0 Å². The Morgan fingerprint density at radius 3 is 2.45 bits per heavy atom. The van der Waals surface area contributed by atoms with Gasteiger partial charge in [0, 0.05) is 45.9 Å². The van der Waals surface area contributed by atoms with Crippen molar-refractivity contribution >= 4 is 28.6 Å². The summed E-state index contributed by atoms with van der Waals surface area (Å²) in [6.45, 7) is 3.43. The zero-order chi connectivity index (χ0) is 23.2. The summed E-state index contributed by atoms with van der Waals surface area (Å²) in [5, 5.41) is 4.59. The second-order valence-corrected chi connectivity index (χ2v) is 9.08. The number of rotatable bonds is 9. The Labute approximate surface area is 198 Å². The molecule has 1 atom stereocenters. The van der Waals surface area contributed by atoms with Crippen molar-refractivity contribution in [3.05, 3.63) is 90.1 Å². The molecular formula is C27H28N2O3S. The molecular weight excluding hydrogens is 432 g/mol. The van der Waals surface area contributed by atoms with Crippen LogP contribution in [0.5, 0.6) is 11.5 Å². The molecule has 4 rings (SSSR count). The highest BCUT2D eigenvalue weighted by Crippen LogP contribution is 2.39. The number of fused-ring (bicyclic) bond motifs is 1. The molecule has 0 saturated carbocycles. The van der Waals surface area contributed by atoms with E-state index < -0.39 is 0 Å². The molecule has 0 unspecified atom stereocenters. The van der Waals surface area contributed by atoms with E-state index in [1.165, 1.54) is 21.4 Å². The lowest BCUT2D eigenvalue weighted by atomic mass is 10.2. The maximum atomic E-state index is 12.7. The largest absolute Gasteiger partial charge is 0.493 e. The number of aromatic nitrogens is 1. The van der Waals surface area contributed by atoms with Crippen molar-refractivity contribution in [3.8, 4) is 11.5 Å². The highest BCUT2D eigenvalue weighted by atomic mass is 32.2. The molecule has 1 N–H and O–H groups in total. The first-order valence-corrected chi connectivity index (χ1v) is 11.8. The number of hydrogen-bond donors (Lipinski definition) is 1. The van der Waals surface area contributed by atoms with Crippen molar-refractivity contribution < 1.29 is 14.3 Å². The van der Waals surface area contributed by atoms with Gasteiger partial charge in [-0.05, 0) is 36.8 Å². The van der Waals surface area contributed by atoms with Gasteiger partial charge in [0.25, 0.3) is 5.91 Å². The molecule has 1 amide bonds. The fourth-order valence-corrected chi connectivity index (χ4v) is 5.01. The zero-order valence-electron chi connectivity index (χ0n) is 19.1. The van der Waals surface area contributed by atoms with Crippen molar-refractivity contribution in [3.63, 3.8) is 0 Å². The molecule has 1 heterocycles. The van der Waals surface area contributed by atoms with Gasteiger partial charge in [-0.15, -0.1) is 11.8 Å². The number of para-hydroxylation sites is 1. The van der Waals surface area contributed by atoms with Gasteiger partial charge >= 0.3 is 0 Å². The van der Waals surface area contributed by atoms with Crippen LogP contribution < -0.4 is 14.8 Å². The lowest BCUT2D eigenvalue weighted by Crippen LogP contribution is -2.27. The number of ether oxygens (including phenoxy) is 2. The van der Waals surface area contributed by atoms with Crippen LogP contribution in [-0.4, -0.2) is 31.2 Å². The first kappa shape index (κ1) is 22.8. The van der Waals surface area contributed by atoms with Gasteiger partial charge in [-0.1, -0.05) is 48.5 Å². The molecule has 0 fully saturated rings. The van der Waals surface area contributed by atoms with Crippen molar-refractivity contribution in [2.24, 2.45) is 0 Å². The standard InChI is InChI=1S/C27H28N2O3S/c1-19(20-9-5-4-6-10-20)33-26-18-29(23-12-8-7-11-22(23)26)16-15-28-27(30)21-13-14-24(31-2)25(17-21)32-3/h4-14,17-19H,15-16H2,1-3H3,(H,28,30)/t19-/m0/s1. The molecule has 6 heteroatoms. The molecule has 33 heavy (non-hydrogen) atoms. The summed E-state index contributed by atoms with van der Waals surface area (Å²) in [5.41, 5.74) is 3.01. The number of amides is 1. The zero-order valence-corrected chi connectivity index (χ0v) is 19.9. The fraction of sp³-hybridized carbons (Fsp3) is 0.222. The summed E-state index contributed by atoms with van der Waals surface area (Å²) < 4.78 is 12.8. The highest BCUT2D eigenvalue weighted by molar-refractivity contribution is 7.99. The maximum absolute atomic E-state index is 12.7. The molecule has 0 aliphatic rings. The van der Waals surface area contributed by atoms with Gasteiger partial charge in [0.1, 0.15) is 0 Å². The Kier molecular flexibility index (Phi) is 7.25. The molecule has 0 saturated heterocycles. The molecule has 1 aromatic heterocycles. The molecule has 170 valence electrons. The van der Waals surface area contributed by atoms with Gasteiger partial charge in [-0.3, -0.25) is 4.79 Å². The Hall–Kier alpha value is -3.38. The normalized spacial score (nSPS) is 11.8. The summed E-state index contributed by atoms with van der Waals surface area (Å²) in [7, 11) is 3.14. The number of methoxy groups -OCH3 is 2. The quantitative estimate of drug-likeness (QED) is 0.314. The van der Waals surface area contributed by atoms with Crippen molar-refractivity contribution in [1.82, 2.24) is 9.88 Å². The minimum Gasteiger partial charge on any atom is -0.493 e. The third kappa shape index (κ3) is 5.17. The van der Waals surface area contributed by atoms with E-state index >= 15 is 0 Å². The van der Waals surface area contributed by atoms with Crippen molar-refractivity contribution in [2.45, 2.75) is 23.6 Å². The van der Waals surface area contributed by atoms with Crippen LogP contribution in [0.25, 0.3) is 10.9 Å². The van der Waals surface area contributed by atoms with Crippen molar-refractivity contribution in [1.29, 1.82) is 0 Å². The van der Waals surface area contributed by atoms with Crippen molar-refractivity contribution in [2.75, 3.05) is 20.8 Å². The van der Waals surface area contributed by atoms with Crippen LogP contribution in [0.2, 0.25) is 0 Å². The number of thioether (sulfide) groups is 1. The predicted octanol–water partition coefficient (Wildman–Crippen LogP) is 5.94. The minimum absolute atomic E-state index is 0.139. The Bertz CT molecular complexity index is 1240. The number of nitrogens with one attached hydrogen (secondary N) is 1. The second kappa shape index (κ2) is 10.5. The Morgan fingerprint density at radius 2 is 1.70 bits per heavy atom. The lowest BCUT2D eigenvalue weighted by molar-refractivity contribution is 0.0952.